The number of rotatable bonds is 3. The molecular formula is C14H21N3O4S. The number of amides is 1. The number of nitrogens with one attached hydrogen (secondary N) is 1. The highest BCUT2D eigenvalue weighted by Crippen LogP contribution is 2.27. The zero-order chi connectivity index (χ0) is 15.7. The number of anilines is 1. The van der Waals surface area contributed by atoms with Crippen molar-refractivity contribution in [3.8, 4) is 0 Å². The normalized spacial score (nSPS) is 25.2. The number of carbonyl (C=O) groups is 1. The second-order valence-electron chi connectivity index (χ2n) is 6.05. The Bertz CT molecular complexity index is 662. The first kappa shape index (κ1) is 15.5. The number of aromatic nitrogens is 2. The smallest absolute Gasteiger partial charge is 0.228 e. The third-order valence-electron chi connectivity index (χ3n) is 4.26. The number of carbonyl (C=O) groups excluding carboxylic acids is 1. The summed E-state index contributed by atoms with van der Waals surface area (Å²) in [7, 11) is -2.99. The first-order valence-electron chi connectivity index (χ1n) is 7.60. The van der Waals surface area contributed by atoms with E-state index < -0.39 is 9.84 Å². The van der Waals surface area contributed by atoms with Crippen LogP contribution in [0.1, 0.15) is 31.0 Å². The largest absolute Gasteiger partial charge is 0.381 e. The van der Waals surface area contributed by atoms with Gasteiger partial charge in [-0.1, -0.05) is 0 Å². The lowest BCUT2D eigenvalue weighted by atomic mass is 9.99. The predicted molar refractivity (Wildman–Crippen MR) is 81.4 cm³/mol. The van der Waals surface area contributed by atoms with E-state index in [1.807, 2.05) is 6.92 Å². The molecule has 1 N–H and O–H groups in total. The molecule has 8 heteroatoms. The van der Waals surface area contributed by atoms with Crippen molar-refractivity contribution in [1.82, 2.24) is 9.78 Å². The highest BCUT2D eigenvalue weighted by atomic mass is 32.2. The van der Waals surface area contributed by atoms with Crippen molar-refractivity contribution in [2.45, 2.75) is 32.2 Å². The molecule has 3 rings (SSSR count). The highest BCUT2D eigenvalue weighted by molar-refractivity contribution is 7.91. The summed E-state index contributed by atoms with van der Waals surface area (Å²) in [6.07, 6.45) is 1.98. The number of aryl methyl sites for hydroxylation is 1. The Hall–Kier alpha value is -1.41. The average Bonchev–Trinajstić information content (AvgIpc) is 3.02. The molecule has 0 aromatic carbocycles. The van der Waals surface area contributed by atoms with E-state index in [2.05, 4.69) is 10.4 Å². The second-order valence-corrected chi connectivity index (χ2v) is 8.28. The van der Waals surface area contributed by atoms with Gasteiger partial charge in [0.1, 0.15) is 5.82 Å². The Balaban J connectivity index is 1.75. The quantitative estimate of drug-likeness (QED) is 0.891. The second kappa shape index (κ2) is 6.00. The van der Waals surface area contributed by atoms with Crippen molar-refractivity contribution in [3.05, 3.63) is 11.8 Å². The van der Waals surface area contributed by atoms with Crippen molar-refractivity contribution < 1.29 is 17.9 Å². The zero-order valence-corrected chi connectivity index (χ0v) is 13.4. The maximum Gasteiger partial charge on any atom is 0.228 e. The number of hydrogen-bond acceptors (Lipinski definition) is 5. The van der Waals surface area contributed by atoms with Crippen LogP contribution in [-0.4, -0.2) is 48.8 Å². The molecule has 2 fully saturated rings. The van der Waals surface area contributed by atoms with Gasteiger partial charge in [-0.05, 0) is 26.2 Å². The van der Waals surface area contributed by atoms with Gasteiger partial charge in [-0.15, -0.1) is 0 Å². The van der Waals surface area contributed by atoms with E-state index in [9.17, 15) is 13.2 Å². The van der Waals surface area contributed by atoms with Gasteiger partial charge in [0.15, 0.2) is 9.84 Å². The lowest BCUT2D eigenvalue weighted by Gasteiger charge is -2.22. The molecule has 2 saturated heterocycles. The molecule has 0 bridgehead atoms. The van der Waals surface area contributed by atoms with Crippen LogP contribution in [0, 0.1) is 12.8 Å². The fourth-order valence-corrected chi connectivity index (χ4v) is 4.74. The van der Waals surface area contributed by atoms with Gasteiger partial charge in [-0.3, -0.25) is 4.79 Å². The number of ether oxygens (including phenoxy) is 1. The first-order chi connectivity index (χ1) is 10.4. The number of nitrogens with zero attached hydrogens (tertiary/aromatic N) is 2. The van der Waals surface area contributed by atoms with Crippen molar-refractivity contribution >= 4 is 21.6 Å². The van der Waals surface area contributed by atoms with Gasteiger partial charge < -0.3 is 10.1 Å². The van der Waals surface area contributed by atoms with Gasteiger partial charge >= 0.3 is 0 Å². The first-order valence-corrected chi connectivity index (χ1v) is 9.42. The van der Waals surface area contributed by atoms with Gasteiger partial charge in [0.2, 0.25) is 5.91 Å². The minimum Gasteiger partial charge on any atom is -0.381 e. The lowest BCUT2D eigenvalue weighted by molar-refractivity contribution is -0.122. The highest BCUT2D eigenvalue weighted by Gasteiger charge is 2.32. The van der Waals surface area contributed by atoms with Crippen LogP contribution in [0.2, 0.25) is 0 Å². The molecule has 0 spiro atoms. The summed E-state index contributed by atoms with van der Waals surface area (Å²) in [4.78, 5) is 12.3. The van der Waals surface area contributed by atoms with Crippen LogP contribution < -0.4 is 5.32 Å². The standard InChI is InChI=1S/C14H21N3O4S/c1-10-8-13(15-14(18)11-2-5-21-6-3-11)17(16-10)12-4-7-22(19,20)9-12/h8,11-12H,2-7,9H2,1H3,(H,15,18). The summed E-state index contributed by atoms with van der Waals surface area (Å²) in [6, 6.07) is 1.60. The Morgan fingerprint density at radius 3 is 2.73 bits per heavy atom. The summed E-state index contributed by atoms with van der Waals surface area (Å²) < 4.78 is 30.3. The molecular weight excluding hydrogens is 306 g/mol. The van der Waals surface area contributed by atoms with Crippen molar-refractivity contribution in [2.75, 3.05) is 30.0 Å². The van der Waals surface area contributed by atoms with E-state index in [0.717, 1.165) is 18.5 Å². The van der Waals surface area contributed by atoms with Gasteiger partial charge in [-0.2, -0.15) is 5.10 Å². The zero-order valence-electron chi connectivity index (χ0n) is 12.6. The molecule has 1 amide bonds. The molecule has 7 nitrogen and oxygen atoms in total. The fourth-order valence-electron chi connectivity index (χ4n) is 3.04. The maximum absolute atomic E-state index is 12.3. The lowest BCUT2D eigenvalue weighted by Crippen LogP contribution is -2.29. The molecule has 2 aliphatic rings. The van der Waals surface area contributed by atoms with E-state index in [1.54, 1.807) is 10.7 Å². The van der Waals surface area contributed by atoms with Crippen LogP contribution in [0.15, 0.2) is 6.07 Å². The number of hydrogen-bond donors (Lipinski definition) is 1. The van der Waals surface area contributed by atoms with E-state index >= 15 is 0 Å². The molecule has 0 radical (unpaired) electrons. The van der Waals surface area contributed by atoms with E-state index in [1.165, 1.54) is 0 Å². The Kier molecular flexibility index (Phi) is 4.22. The van der Waals surface area contributed by atoms with Gasteiger partial charge in [-0.25, -0.2) is 13.1 Å². The molecule has 1 aromatic rings. The molecule has 1 unspecified atom stereocenters. The van der Waals surface area contributed by atoms with Crippen LogP contribution in [-0.2, 0) is 19.4 Å². The minimum absolute atomic E-state index is 0.0368. The average molecular weight is 327 g/mol. The van der Waals surface area contributed by atoms with Gasteiger partial charge in [0.25, 0.3) is 0 Å². The third-order valence-corrected chi connectivity index (χ3v) is 6.01. The third kappa shape index (κ3) is 3.33. The van der Waals surface area contributed by atoms with E-state index in [-0.39, 0.29) is 29.4 Å². The van der Waals surface area contributed by atoms with Gasteiger partial charge in [0, 0.05) is 25.2 Å². The molecule has 22 heavy (non-hydrogen) atoms. The van der Waals surface area contributed by atoms with Crippen molar-refractivity contribution in [3.63, 3.8) is 0 Å². The van der Waals surface area contributed by atoms with Crippen LogP contribution in [0.25, 0.3) is 0 Å². The SMILES string of the molecule is Cc1cc(NC(=O)C2CCOCC2)n(C2CCS(=O)(=O)C2)n1. The maximum atomic E-state index is 12.3. The van der Waals surface area contributed by atoms with Crippen LogP contribution in [0.5, 0.6) is 0 Å². The molecule has 1 atom stereocenters. The van der Waals surface area contributed by atoms with Crippen molar-refractivity contribution in [2.24, 2.45) is 5.92 Å². The summed E-state index contributed by atoms with van der Waals surface area (Å²) in [5.41, 5.74) is 0.770. The summed E-state index contributed by atoms with van der Waals surface area (Å²) in [5, 5.41) is 7.29. The van der Waals surface area contributed by atoms with Crippen LogP contribution in [0.4, 0.5) is 5.82 Å². The summed E-state index contributed by atoms with van der Waals surface area (Å²) in [6.45, 7) is 3.05. The molecule has 122 valence electrons. The Morgan fingerprint density at radius 1 is 1.36 bits per heavy atom. The molecule has 0 saturated carbocycles. The van der Waals surface area contributed by atoms with Gasteiger partial charge in [0.05, 0.1) is 23.2 Å². The van der Waals surface area contributed by atoms with Crippen molar-refractivity contribution in [1.29, 1.82) is 0 Å². The monoisotopic (exact) mass is 327 g/mol. The summed E-state index contributed by atoms with van der Waals surface area (Å²) in [5.74, 6) is 0.782. The summed E-state index contributed by atoms with van der Waals surface area (Å²) >= 11 is 0. The fraction of sp³-hybridized carbons (Fsp3) is 0.714. The molecule has 2 aliphatic heterocycles. The Labute approximate surface area is 129 Å². The van der Waals surface area contributed by atoms with E-state index in [4.69, 9.17) is 4.74 Å². The van der Waals surface area contributed by atoms with E-state index in [0.29, 0.717) is 25.5 Å². The van der Waals surface area contributed by atoms with Crippen LogP contribution >= 0.6 is 0 Å². The molecule has 0 aliphatic carbocycles. The van der Waals surface area contributed by atoms with Crippen LogP contribution in [0.3, 0.4) is 0 Å². The number of sulfone groups is 1. The topological polar surface area (TPSA) is 90.3 Å². The molecule has 1 aromatic heterocycles. The molecule has 3 heterocycles. The minimum atomic E-state index is -2.99. The Morgan fingerprint density at radius 2 is 2.09 bits per heavy atom. The predicted octanol–water partition coefficient (Wildman–Crippen LogP) is 0.916.